The molecule has 0 bridgehead atoms. The topological polar surface area (TPSA) is 79.0 Å². The van der Waals surface area contributed by atoms with Crippen LogP contribution in [0.25, 0.3) is 16.3 Å². The Bertz CT molecular complexity index is 1300. The van der Waals surface area contributed by atoms with E-state index in [0.29, 0.717) is 5.56 Å². The molecule has 0 spiro atoms. The fourth-order valence-corrected chi connectivity index (χ4v) is 5.03. The van der Waals surface area contributed by atoms with Gasteiger partial charge in [0.05, 0.1) is 27.1 Å². The third-order valence-electron chi connectivity index (χ3n) is 4.63. The molecule has 0 atom stereocenters. The molecule has 0 aliphatic rings. The van der Waals surface area contributed by atoms with Gasteiger partial charge in [0.15, 0.2) is 0 Å². The molecule has 4 rings (SSSR count). The third kappa shape index (κ3) is 3.91. The average molecular weight is 435 g/mol. The summed E-state index contributed by atoms with van der Waals surface area (Å²) in [6, 6.07) is 21.6. The van der Waals surface area contributed by atoms with Crippen molar-refractivity contribution >= 4 is 21.4 Å². The highest BCUT2D eigenvalue weighted by Crippen LogP contribution is 2.29. The van der Waals surface area contributed by atoms with Crippen LogP contribution in [0.4, 0.5) is 0 Å². The molecule has 2 aromatic heterocycles. The summed E-state index contributed by atoms with van der Waals surface area (Å²) in [6.45, 7) is 0.152. The van der Waals surface area contributed by atoms with Crippen LogP contribution >= 0.6 is 11.3 Å². The van der Waals surface area contributed by atoms with Gasteiger partial charge in [-0.1, -0.05) is 30.3 Å². The first kappa shape index (κ1) is 20.0. The van der Waals surface area contributed by atoms with Gasteiger partial charge in [0.1, 0.15) is 5.69 Å². The van der Waals surface area contributed by atoms with E-state index in [0.717, 1.165) is 21.8 Å². The molecule has 150 valence electrons. The lowest BCUT2D eigenvalue weighted by atomic mass is 10.2. The molecule has 6 nitrogen and oxygen atoms in total. The minimum absolute atomic E-state index is 0.0946. The zero-order valence-corrected chi connectivity index (χ0v) is 17.8. The van der Waals surface area contributed by atoms with Crippen molar-refractivity contribution in [3.05, 3.63) is 89.4 Å². The first-order chi connectivity index (χ1) is 14.5. The molecule has 0 saturated carbocycles. The minimum Gasteiger partial charge on any atom is -0.240 e. The van der Waals surface area contributed by atoms with Gasteiger partial charge in [0.2, 0.25) is 10.0 Å². The SMILES string of the molecule is CN(Cc1cn(-c2ccccc2)nc1-c1cccs1)S(=O)(=O)c1cccc(C#N)c1. The summed E-state index contributed by atoms with van der Waals surface area (Å²) in [5.74, 6) is 0. The van der Waals surface area contributed by atoms with Gasteiger partial charge in [-0.2, -0.15) is 14.7 Å². The summed E-state index contributed by atoms with van der Waals surface area (Å²) < 4.78 is 29.2. The summed E-state index contributed by atoms with van der Waals surface area (Å²) in [5.41, 5.74) is 2.75. The van der Waals surface area contributed by atoms with Gasteiger partial charge in [0, 0.05) is 25.4 Å². The van der Waals surface area contributed by atoms with Crippen LogP contribution in [-0.2, 0) is 16.6 Å². The molecular weight excluding hydrogens is 416 g/mol. The number of nitrogens with zero attached hydrogens (tertiary/aromatic N) is 4. The molecule has 0 aliphatic heterocycles. The Morgan fingerprint density at radius 1 is 1.10 bits per heavy atom. The lowest BCUT2D eigenvalue weighted by molar-refractivity contribution is 0.467. The molecular formula is C22H18N4O2S2. The number of para-hydroxylation sites is 1. The Morgan fingerprint density at radius 2 is 1.90 bits per heavy atom. The highest BCUT2D eigenvalue weighted by atomic mass is 32.2. The number of aromatic nitrogens is 2. The number of sulfonamides is 1. The summed E-state index contributed by atoms with van der Waals surface area (Å²) >= 11 is 1.55. The lowest BCUT2D eigenvalue weighted by Gasteiger charge is -2.17. The minimum atomic E-state index is -3.76. The van der Waals surface area contributed by atoms with E-state index in [-0.39, 0.29) is 11.4 Å². The van der Waals surface area contributed by atoms with Gasteiger partial charge in [-0.05, 0) is 41.8 Å². The van der Waals surface area contributed by atoms with Gasteiger partial charge >= 0.3 is 0 Å². The molecule has 30 heavy (non-hydrogen) atoms. The Morgan fingerprint density at radius 3 is 2.60 bits per heavy atom. The number of hydrogen-bond acceptors (Lipinski definition) is 5. The quantitative estimate of drug-likeness (QED) is 0.453. The number of rotatable bonds is 6. The number of thiophene rings is 1. The number of nitriles is 1. The highest BCUT2D eigenvalue weighted by molar-refractivity contribution is 7.89. The molecule has 0 radical (unpaired) electrons. The van der Waals surface area contributed by atoms with E-state index in [1.54, 1.807) is 28.2 Å². The molecule has 0 unspecified atom stereocenters. The monoisotopic (exact) mass is 434 g/mol. The van der Waals surface area contributed by atoms with Gasteiger partial charge in [-0.3, -0.25) is 0 Å². The zero-order valence-electron chi connectivity index (χ0n) is 16.1. The van der Waals surface area contributed by atoms with Crippen LogP contribution in [0.2, 0.25) is 0 Å². The van der Waals surface area contributed by atoms with Crippen LogP contribution in [0.15, 0.2) is 83.2 Å². The van der Waals surface area contributed by atoms with Gasteiger partial charge < -0.3 is 0 Å². The fourth-order valence-electron chi connectivity index (χ4n) is 3.09. The van der Waals surface area contributed by atoms with Crippen LogP contribution in [-0.4, -0.2) is 29.6 Å². The van der Waals surface area contributed by atoms with E-state index in [4.69, 9.17) is 10.4 Å². The highest BCUT2D eigenvalue weighted by Gasteiger charge is 2.24. The molecule has 0 fully saturated rings. The van der Waals surface area contributed by atoms with Crippen molar-refractivity contribution < 1.29 is 8.42 Å². The van der Waals surface area contributed by atoms with Gasteiger partial charge in [-0.15, -0.1) is 11.3 Å². The molecule has 0 aliphatic carbocycles. The zero-order chi connectivity index (χ0) is 21.1. The maximum Gasteiger partial charge on any atom is 0.243 e. The van der Waals surface area contributed by atoms with Crippen LogP contribution in [0.1, 0.15) is 11.1 Å². The van der Waals surface area contributed by atoms with E-state index in [2.05, 4.69) is 0 Å². The van der Waals surface area contributed by atoms with Crippen LogP contribution in [0, 0.1) is 11.3 Å². The normalized spacial score (nSPS) is 11.5. The molecule has 0 amide bonds. The maximum absolute atomic E-state index is 13.1. The Balaban J connectivity index is 1.71. The summed E-state index contributed by atoms with van der Waals surface area (Å²) in [4.78, 5) is 1.06. The van der Waals surface area contributed by atoms with Crippen molar-refractivity contribution in [2.24, 2.45) is 0 Å². The molecule has 8 heteroatoms. The lowest BCUT2D eigenvalue weighted by Crippen LogP contribution is -2.26. The van der Waals surface area contributed by atoms with Crippen molar-refractivity contribution in [2.45, 2.75) is 11.4 Å². The Labute approximate surface area is 179 Å². The standard InChI is InChI=1S/C22H18N4O2S2/c1-25(30(27,28)20-10-5-7-17(13-20)14-23)15-18-16-26(19-8-3-2-4-9-19)24-22(18)21-11-6-12-29-21/h2-13,16H,15H2,1H3. The first-order valence-electron chi connectivity index (χ1n) is 9.13. The van der Waals surface area contributed by atoms with Crippen molar-refractivity contribution in [1.29, 1.82) is 5.26 Å². The maximum atomic E-state index is 13.1. The first-order valence-corrected chi connectivity index (χ1v) is 11.5. The largest absolute Gasteiger partial charge is 0.243 e. The van der Waals surface area contributed by atoms with Crippen LogP contribution < -0.4 is 0 Å². The average Bonchev–Trinajstić information content (AvgIpc) is 3.44. The van der Waals surface area contributed by atoms with E-state index in [1.165, 1.54) is 23.5 Å². The number of benzene rings is 2. The second-order valence-corrected chi connectivity index (χ2v) is 9.65. The van der Waals surface area contributed by atoms with Crippen molar-refractivity contribution in [3.63, 3.8) is 0 Å². The van der Waals surface area contributed by atoms with E-state index < -0.39 is 10.0 Å². The van der Waals surface area contributed by atoms with Gasteiger partial charge in [-0.25, -0.2) is 13.1 Å². The summed E-state index contributed by atoms with van der Waals surface area (Å²) in [5, 5.41) is 15.8. The van der Waals surface area contributed by atoms with E-state index in [1.807, 2.05) is 60.1 Å². The Kier molecular flexibility index (Phi) is 5.50. The van der Waals surface area contributed by atoms with E-state index >= 15 is 0 Å². The second-order valence-electron chi connectivity index (χ2n) is 6.66. The molecule has 0 saturated heterocycles. The summed E-state index contributed by atoms with van der Waals surface area (Å²) in [7, 11) is -2.23. The van der Waals surface area contributed by atoms with E-state index in [9.17, 15) is 8.42 Å². The number of hydrogen-bond donors (Lipinski definition) is 0. The predicted octanol–water partition coefficient (Wildman–Crippen LogP) is 4.29. The Hall–Kier alpha value is -3.25. The second kappa shape index (κ2) is 8.24. The molecule has 2 aromatic carbocycles. The van der Waals surface area contributed by atoms with Crippen molar-refractivity contribution in [3.8, 4) is 22.3 Å². The third-order valence-corrected chi connectivity index (χ3v) is 7.31. The van der Waals surface area contributed by atoms with Crippen LogP contribution in [0.3, 0.4) is 0 Å². The predicted molar refractivity (Wildman–Crippen MR) is 117 cm³/mol. The van der Waals surface area contributed by atoms with Crippen LogP contribution in [0.5, 0.6) is 0 Å². The van der Waals surface area contributed by atoms with Crippen molar-refractivity contribution in [1.82, 2.24) is 14.1 Å². The summed E-state index contributed by atoms with van der Waals surface area (Å²) in [6.07, 6.45) is 1.86. The fraction of sp³-hybridized carbons (Fsp3) is 0.0909. The van der Waals surface area contributed by atoms with Gasteiger partial charge in [0.25, 0.3) is 0 Å². The molecule has 0 N–H and O–H groups in total. The smallest absolute Gasteiger partial charge is 0.240 e. The molecule has 2 heterocycles. The molecule has 4 aromatic rings. The van der Waals surface area contributed by atoms with Crippen molar-refractivity contribution in [2.75, 3.05) is 7.05 Å².